The Labute approximate surface area is 115 Å². The molecule has 0 atom stereocenters. The predicted molar refractivity (Wildman–Crippen MR) is 64.7 cm³/mol. The topological polar surface area (TPSA) is 29.5 Å². The fraction of sp³-hybridized carbons (Fsp3) is 0.385. The Balaban J connectivity index is 0.00000256. The van der Waals surface area contributed by atoms with Crippen molar-refractivity contribution < 1.29 is 28.4 Å². The van der Waals surface area contributed by atoms with Gasteiger partial charge >= 0.3 is 18.9 Å². The molecule has 4 heteroatoms. The summed E-state index contributed by atoms with van der Waals surface area (Å²) in [6.45, 7) is 9.16. The summed E-state index contributed by atoms with van der Waals surface area (Å²) in [5.41, 5.74) is 1.27. The number of ether oxygens (including phenoxy) is 1. The average molecular weight is 227 g/mol. The van der Waals surface area contributed by atoms with Crippen LogP contribution >= 0.6 is 0 Å². The van der Waals surface area contributed by atoms with Crippen LogP contribution in [0.15, 0.2) is 18.2 Å². The Kier molecular flexibility index (Phi) is 6.87. The van der Waals surface area contributed by atoms with Crippen molar-refractivity contribution in [3.63, 3.8) is 0 Å². The van der Waals surface area contributed by atoms with E-state index in [-0.39, 0.29) is 24.8 Å². The number of rotatable bonds is 4. The molecule has 3 nitrogen and oxygen atoms in total. The van der Waals surface area contributed by atoms with Crippen molar-refractivity contribution >= 4 is 5.91 Å². The molecule has 1 rings (SSSR count). The van der Waals surface area contributed by atoms with Gasteiger partial charge < -0.3 is 9.64 Å². The van der Waals surface area contributed by atoms with Crippen molar-refractivity contribution in [3.8, 4) is 5.75 Å². The monoisotopic (exact) mass is 227 g/mol. The van der Waals surface area contributed by atoms with E-state index in [9.17, 15) is 4.79 Å². The molecule has 0 aliphatic rings. The number of hydrogen-bond donors (Lipinski definition) is 0. The summed E-state index contributed by atoms with van der Waals surface area (Å²) >= 11 is 0. The van der Waals surface area contributed by atoms with Crippen LogP contribution in [0, 0.1) is 6.92 Å². The maximum absolute atomic E-state index is 12.2. The van der Waals surface area contributed by atoms with Gasteiger partial charge in [-0.15, -0.1) is 6.07 Å². The van der Waals surface area contributed by atoms with Crippen molar-refractivity contribution in [1.82, 2.24) is 4.90 Å². The van der Waals surface area contributed by atoms with Crippen LogP contribution in [0.5, 0.6) is 5.75 Å². The first-order valence-electron chi connectivity index (χ1n) is 5.43. The summed E-state index contributed by atoms with van der Waals surface area (Å²) < 4.78 is 5.20. The maximum Gasteiger partial charge on any atom is 1.00 e. The molecule has 1 aromatic rings. The number of carbonyl (C=O) groups excluding carboxylic acids is 1. The molecule has 0 N–H and O–H groups in total. The zero-order valence-corrected chi connectivity index (χ0v) is 11.1. The minimum absolute atomic E-state index is 0. The largest absolute Gasteiger partial charge is 1.00 e. The maximum atomic E-state index is 12.2. The molecule has 0 saturated carbocycles. The Morgan fingerprint density at radius 2 is 1.94 bits per heavy atom. The Bertz CT molecular complexity index is 376. The van der Waals surface area contributed by atoms with Gasteiger partial charge in [-0.1, -0.05) is 0 Å². The molecule has 1 amide bonds. The SMILES string of the molecule is [CH2-]c1cccc(OC)c1C(=O)N(CC)CC.[Li+]. The van der Waals surface area contributed by atoms with E-state index in [1.165, 1.54) is 0 Å². The Morgan fingerprint density at radius 3 is 2.41 bits per heavy atom. The van der Waals surface area contributed by atoms with Gasteiger partial charge in [0.25, 0.3) is 0 Å². The standard InChI is InChI=1S/C13H18NO2.Li/c1-5-14(6-2)13(15)12-10(3)8-7-9-11(12)16-4;/h7-9H,3,5-6H2,1-2,4H3;/q-1;+1. The third-order valence-electron chi connectivity index (χ3n) is 2.60. The van der Waals surface area contributed by atoms with E-state index in [0.717, 1.165) is 0 Å². The van der Waals surface area contributed by atoms with Crippen LogP contribution in [0.2, 0.25) is 0 Å². The molecule has 0 radical (unpaired) electrons. The normalized spacial score (nSPS) is 9.35. The smallest absolute Gasteiger partial charge is 0.509 e. The molecular formula is C13H18LiNO2. The third kappa shape index (κ3) is 3.46. The second-order valence-corrected chi connectivity index (χ2v) is 3.47. The second-order valence-electron chi connectivity index (χ2n) is 3.47. The van der Waals surface area contributed by atoms with Gasteiger partial charge in [-0.25, -0.2) is 0 Å². The van der Waals surface area contributed by atoms with E-state index >= 15 is 0 Å². The molecular weight excluding hydrogens is 209 g/mol. The minimum atomic E-state index is -0.0209. The van der Waals surface area contributed by atoms with Gasteiger partial charge in [-0.2, -0.15) is 18.6 Å². The van der Waals surface area contributed by atoms with Gasteiger partial charge in [0.15, 0.2) is 0 Å². The molecule has 0 fully saturated rings. The molecule has 0 aliphatic carbocycles. The van der Waals surface area contributed by atoms with Crippen LogP contribution in [-0.2, 0) is 0 Å². The molecule has 0 saturated heterocycles. The van der Waals surface area contributed by atoms with Gasteiger partial charge in [-0.3, -0.25) is 4.79 Å². The number of amides is 1. The number of benzene rings is 1. The molecule has 0 aromatic heterocycles. The van der Waals surface area contributed by atoms with Crippen LogP contribution in [-0.4, -0.2) is 31.0 Å². The fourth-order valence-electron chi connectivity index (χ4n) is 1.66. The Morgan fingerprint density at radius 1 is 1.35 bits per heavy atom. The first-order chi connectivity index (χ1) is 7.65. The molecule has 0 heterocycles. The van der Waals surface area contributed by atoms with E-state index in [0.29, 0.717) is 30.0 Å². The molecule has 0 unspecified atom stereocenters. The van der Waals surface area contributed by atoms with Crippen LogP contribution in [0.3, 0.4) is 0 Å². The molecule has 88 valence electrons. The molecule has 0 spiro atoms. The minimum Gasteiger partial charge on any atom is -0.509 e. The van der Waals surface area contributed by atoms with Crippen molar-refractivity contribution in [3.05, 3.63) is 36.2 Å². The molecule has 1 aromatic carbocycles. The van der Waals surface area contributed by atoms with Crippen molar-refractivity contribution in [2.75, 3.05) is 20.2 Å². The summed E-state index contributed by atoms with van der Waals surface area (Å²) in [6.07, 6.45) is 0. The van der Waals surface area contributed by atoms with Gasteiger partial charge in [0.1, 0.15) is 0 Å². The van der Waals surface area contributed by atoms with Gasteiger partial charge in [0.2, 0.25) is 5.91 Å². The van der Waals surface area contributed by atoms with Gasteiger partial charge in [0, 0.05) is 13.1 Å². The predicted octanol–water partition coefficient (Wildman–Crippen LogP) is -0.637. The van der Waals surface area contributed by atoms with Gasteiger partial charge in [0.05, 0.1) is 12.9 Å². The van der Waals surface area contributed by atoms with E-state index < -0.39 is 0 Å². The van der Waals surface area contributed by atoms with E-state index in [4.69, 9.17) is 4.74 Å². The molecule has 17 heavy (non-hydrogen) atoms. The third-order valence-corrected chi connectivity index (χ3v) is 2.60. The number of carbonyl (C=O) groups is 1. The van der Waals surface area contributed by atoms with Crippen LogP contribution in [0.4, 0.5) is 0 Å². The van der Waals surface area contributed by atoms with Crippen LogP contribution in [0.1, 0.15) is 29.8 Å². The molecule has 0 aliphatic heterocycles. The van der Waals surface area contributed by atoms with Crippen LogP contribution in [0.25, 0.3) is 0 Å². The van der Waals surface area contributed by atoms with E-state index in [2.05, 4.69) is 6.92 Å². The number of methoxy groups -OCH3 is 1. The zero-order valence-electron chi connectivity index (χ0n) is 11.1. The number of hydrogen-bond acceptors (Lipinski definition) is 2. The Hall–Kier alpha value is -1.04. The summed E-state index contributed by atoms with van der Waals surface area (Å²) in [6, 6.07) is 5.44. The zero-order chi connectivity index (χ0) is 12.1. The van der Waals surface area contributed by atoms with Crippen molar-refractivity contribution in [2.24, 2.45) is 0 Å². The fourth-order valence-corrected chi connectivity index (χ4v) is 1.66. The van der Waals surface area contributed by atoms with E-state index in [1.807, 2.05) is 26.0 Å². The summed E-state index contributed by atoms with van der Waals surface area (Å²) in [4.78, 5) is 14.0. The van der Waals surface area contributed by atoms with Gasteiger partial charge in [-0.05, 0) is 25.5 Å². The summed E-state index contributed by atoms with van der Waals surface area (Å²) in [5.74, 6) is 0.567. The van der Waals surface area contributed by atoms with E-state index in [1.54, 1.807) is 18.1 Å². The quantitative estimate of drug-likeness (QED) is 0.506. The second kappa shape index (κ2) is 7.32. The first-order valence-corrected chi connectivity index (χ1v) is 5.43. The first kappa shape index (κ1) is 16.0. The molecule has 0 bridgehead atoms. The van der Waals surface area contributed by atoms with Crippen molar-refractivity contribution in [2.45, 2.75) is 13.8 Å². The van der Waals surface area contributed by atoms with Crippen LogP contribution < -0.4 is 23.6 Å². The summed E-state index contributed by atoms with van der Waals surface area (Å²) in [5, 5.41) is 0. The van der Waals surface area contributed by atoms with Crippen molar-refractivity contribution in [1.29, 1.82) is 0 Å². The average Bonchev–Trinajstić information content (AvgIpc) is 2.29. The number of nitrogens with zero attached hydrogens (tertiary/aromatic N) is 1. The summed E-state index contributed by atoms with van der Waals surface area (Å²) in [7, 11) is 1.56.